The van der Waals surface area contributed by atoms with Crippen molar-refractivity contribution in [1.82, 2.24) is 10.2 Å². The Morgan fingerprint density at radius 2 is 2.07 bits per heavy atom. The molecule has 1 aromatic rings. The van der Waals surface area contributed by atoms with Crippen molar-refractivity contribution < 1.29 is 23.8 Å². The van der Waals surface area contributed by atoms with Gasteiger partial charge in [-0.3, -0.25) is 4.79 Å². The van der Waals surface area contributed by atoms with E-state index >= 15 is 0 Å². The molecule has 30 heavy (non-hydrogen) atoms. The highest BCUT2D eigenvalue weighted by Crippen LogP contribution is 2.64. The van der Waals surface area contributed by atoms with Gasteiger partial charge in [0.25, 0.3) is 0 Å². The lowest BCUT2D eigenvalue weighted by Gasteiger charge is -2.54. The molecule has 4 fully saturated rings. The lowest BCUT2D eigenvalue weighted by atomic mass is 9.54. The van der Waals surface area contributed by atoms with Gasteiger partial charge in [0.15, 0.2) is 0 Å². The van der Waals surface area contributed by atoms with Crippen LogP contribution in [0, 0.1) is 17.3 Å². The molecule has 1 N–H and O–H groups in total. The number of piperidine rings is 1. The molecule has 6 atom stereocenters. The molecule has 3 aliphatic heterocycles. The zero-order valence-electron chi connectivity index (χ0n) is 17.6. The molecule has 1 saturated carbocycles. The molecule has 7 heteroatoms. The minimum Gasteiger partial charge on any atom is -0.466 e. The number of rotatable bonds is 4. The highest BCUT2D eigenvalue weighted by atomic mass is 16.6. The van der Waals surface area contributed by atoms with E-state index in [1.54, 1.807) is 0 Å². The van der Waals surface area contributed by atoms with Crippen molar-refractivity contribution in [2.45, 2.75) is 51.0 Å². The summed E-state index contributed by atoms with van der Waals surface area (Å²) in [6.07, 6.45) is 1.31. The van der Waals surface area contributed by atoms with Gasteiger partial charge in [-0.25, -0.2) is 4.79 Å². The molecule has 0 bridgehead atoms. The van der Waals surface area contributed by atoms with Crippen molar-refractivity contribution in [3.05, 3.63) is 35.9 Å². The number of hydrogen-bond donors (Lipinski definition) is 1. The van der Waals surface area contributed by atoms with Crippen LogP contribution < -0.4 is 5.32 Å². The van der Waals surface area contributed by atoms with Gasteiger partial charge in [0.1, 0.15) is 18.3 Å². The summed E-state index contributed by atoms with van der Waals surface area (Å²) in [6.45, 7) is 6.62. The lowest BCUT2D eigenvalue weighted by molar-refractivity contribution is -0.157. The van der Waals surface area contributed by atoms with Crippen molar-refractivity contribution in [2.24, 2.45) is 17.3 Å². The average molecular weight is 415 g/mol. The van der Waals surface area contributed by atoms with E-state index in [0.29, 0.717) is 19.7 Å². The molecule has 1 spiro atoms. The Hall–Kier alpha value is -2.12. The van der Waals surface area contributed by atoms with Gasteiger partial charge in [-0.1, -0.05) is 30.3 Å². The zero-order valence-corrected chi connectivity index (χ0v) is 17.6. The van der Waals surface area contributed by atoms with E-state index in [1.165, 1.54) is 0 Å². The first-order valence-electron chi connectivity index (χ1n) is 11.0. The van der Waals surface area contributed by atoms with Gasteiger partial charge in [0, 0.05) is 24.5 Å². The maximum absolute atomic E-state index is 12.9. The van der Waals surface area contributed by atoms with E-state index in [-0.39, 0.29) is 53.7 Å². The van der Waals surface area contributed by atoms with E-state index in [1.807, 2.05) is 42.2 Å². The van der Waals surface area contributed by atoms with Gasteiger partial charge in [0.2, 0.25) is 0 Å². The summed E-state index contributed by atoms with van der Waals surface area (Å²) in [6, 6.07) is 9.85. The number of fused-ring (bicyclic) bond motifs is 2. The molecule has 1 amide bonds. The van der Waals surface area contributed by atoms with Gasteiger partial charge < -0.3 is 24.4 Å². The van der Waals surface area contributed by atoms with E-state index < -0.39 is 0 Å². The first kappa shape index (κ1) is 19.8. The highest BCUT2D eigenvalue weighted by Gasteiger charge is 2.76. The van der Waals surface area contributed by atoms with E-state index in [9.17, 15) is 9.59 Å². The van der Waals surface area contributed by atoms with Crippen LogP contribution in [-0.2, 0) is 25.6 Å². The van der Waals surface area contributed by atoms with Gasteiger partial charge in [0.05, 0.1) is 12.5 Å². The fourth-order valence-corrected chi connectivity index (χ4v) is 6.42. The molecule has 5 rings (SSSR count). The number of carbonyl (C=O) groups is 2. The summed E-state index contributed by atoms with van der Waals surface area (Å²) in [5.74, 6) is -0.259. The average Bonchev–Trinajstić information content (AvgIpc) is 3.25. The molecule has 1 aromatic carbocycles. The Bertz CT molecular complexity index is 832. The molecule has 4 aliphatic rings. The monoisotopic (exact) mass is 414 g/mol. The van der Waals surface area contributed by atoms with E-state index in [0.717, 1.165) is 24.9 Å². The third-order valence-electron chi connectivity index (χ3n) is 7.69. The van der Waals surface area contributed by atoms with Crippen LogP contribution in [0.15, 0.2) is 30.3 Å². The van der Waals surface area contributed by atoms with Crippen LogP contribution in [0.1, 0.15) is 32.3 Å². The summed E-state index contributed by atoms with van der Waals surface area (Å²) in [5.41, 5.74) is 0.408. The number of benzene rings is 1. The van der Waals surface area contributed by atoms with Gasteiger partial charge >= 0.3 is 12.1 Å². The Labute approximate surface area is 177 Å². The third-order valence-corrected chi connectivity index (χ3v) is 7.69. The number of ether oxygens (including phenoxy) is 3. The summed E-state index contributed by atoms with van der Waals surface area (Å²) in [7, 11) is 0. The molecule has 0 unspecified atom stereocenters. The predicted molar refractivity (Wildman–Crippen MR) is 109 cm³/mol. The second-order valence-electron chi connectivity index (χ2n) is 9.23. The first-order chi connectivity index (χ1) is 14.5. The van der Waals surface area contributed by atoms with Gasteiger partial charge in [-0.15, -0.1) is 0 Å². The second-order valence-corrected chi connectivity index (χ2v) is 9.23. The van der Waals surface area contributed by atoms with Crippen LogP contribution in [0.5, 0.6) is 0 Å². The summed E-state index contributed by atoms with van der Waals surface area (Å²) in [4.78, 5) is 27.6. The smallest absolute Gasteiger partial charge is 0.410 e. The Morgan fingerprint density at radius 1 is 1.27 bits per heavy atom. The second kappa shape index (κ2) is 7.24. The lowest BCUT2D eigenvalue weighted by Crippen LogP contribution is -2.66. The number of carbonyl (C=O) groups excluding carboxylic acids is 2. The number of amides is 1. The maximum Gasteiger partial charge on any atom is 0.410 e. The van der Waals surface area contributed by atoms with Crippen molar-refractivity contribution in [1.29, 1.82) is 0 Å². The number of epoxide rings is 1. The molecule has 1 aliphatic carbocycles. The SMILES string of the molecule is CCOC(=O)[C@H]1[C@@H]2CCN(C(=O)OCc3ccccc3)C[C@@]23CCN[C@H]3[C@@]2(C)O[C@@H]12. The first-order valence-corrected chi connectivity index (χ1v) is 11.0. The molecule has 0 aromatic heterocycles. The van der Waals surface area contributed by atoms with Crippen molar-refractivity contribution in [3.8, 4) is 0 Å². The fourth-order valence-electron chi connectivity index (χ4n) is 6.42. The number of hydrogen-bond acceptors (Lipinski definition) is 6. The number of likely N-dealkylation sites (tertiary alicyclic amines) is 1. The Kier molecular flexibility index (Phi) is 4.78. The van der Waals surface area contributed by atoms with Gasteiger partial charge in [-0.05, 0) is 44.7 Å². The minimum absolute atomic E-state index is 0.0955. The van der Waals surface area contributed by atoms with Crippen LogP contribution in [0.3, 0.4) is 0 Å². The largest absolute Gasteiger partial charge is 0.466 e. The quantitative estimate of drug-likeness (QED) is 0.602. The molecular weight excluding hydrogens is 384 g/mol. The molecular formula is C23H30N2O5. The van der Waals surface area contributed by atoms with Crippen LogP contribution >= 0.6 is 0 Å². The van der Waals surface area contributed by atoms with E-state index in [4.69, 9.17) is 14.2 Å². The predicted octanol–water partition coefficient (Wildman–Crippen LogP) is 2.34. The third kappa shape index (κ3) is 2.94. The molecule has 162 valence electrons. The Morgan fingerprint density at radius 3 is 2.83 bits per heavy atom. The van der Waals surface area contributed by atoms with Crippen molar-refractivity contribution in [3.63, 3.8) is 0 Å². The van der Waals surface area contributed by atoms with Crippen LogP contribution in [0.4, 0.5) is 4.79 Å². The molecule has 7 nitrogen and oxygen atoms in total. The number of nitrogens with one attached hydrogen (secondary N) is 1. The van der Waals surface area contributed by atoms with Crippen LogP contribution in [0.25, 0.3) is 0 Å². The standard InChI is InChI=1S/C23H30N2O5/c1-3-28-19(26)17-16-9-12-25(21(27)29-13-15-7-5-4-6-8-15)14-23(16)10-11-24-20(23)22(2)18(17)30-22/h4-8,16-18,20,24H,3,9-14H2,1-2H3/t16-,17-,18-,20-,22-,23-/m0/s1. The van der Waals surface area contributed by atoms with Gasteiger partial charge in [-0.2, -0.15) is 0 Å². The molecule has 3 saturated heterocycles. The van der Waals surface area contributed by atoms with Crippen molar-refractivity contribution in [2.75, 3.05) is 26.2 Å². The zero-order chi connectivity index (χ0) is 20.9. The molecule has 0 radical (unpaired) electrons. The molecule has 3 heterocycles. The topological polar surface area (TPSA) is 80.4 Å². The minimum atomic E-state index is -0.374. The summed E-state index contributed by atoms with van der Waals surface area (Å²) >= 11 is 0. The van der Waals surface area contributed by atoms with Crippen LogP contribution in [-0.4, -0.2) is 61.0 Å². The summed E-state index contributed by atoms with van der Waals surface area (Å²) < 4.78 is 17.2. The number of nitrogens with zero attached hydrogens (tertiary/aromatic N) is 1. The van der Waals surface area contributed by atoms with Crippen LogP contribution in [0.2, 0.25) is 0 Å². The maximum atomic E-state index is 12.9. The fraction of sp³-hybridized carbons (Fsp3) is 0.652. The number of esters is 1. The Balaban J connectivity index is 1.35. The van der Waals surface area contributed by atoms with E-state index in [2.05, 4.69) is 12.2 Å². The summed E-state index contributed by atoms with van der Waals surface area (Å²) in [5, 5.41) is 3.63. The normalized spacial score (nSPS) is 38.8. The van der Waals surface area contributed by atoms with Crippen molar-refractivity contribution >= 4 is 12.1 Å². The highest BCUT2D eigenvalue weighted by molar-refractivity contribution is 5.75.